The Balaban J connectivity index is 1.53. The van der Waals surface area contributed by atoms with Gasteiger partial charge in [-0.2, -0.15) is 0 Å². The van der Waals surface area contributed by atoms with Gasteiger partial charge in [0.1, 0.15) is 6.33 Å². The van der Waals surface area contributed by atoms with Crippen molar-refractivity contribution < 1.29 is 9.59 Å². The molecule has 2 N–H and O–H groups in total. The van der Waals surface area contributed by atoms with Gasteiger partial charge in [0.25, 0.3) is 0 Å². The van der Waals surface area contributed by atoms with E-state index in [2.05, 4.69) is 33.1 Å². The van der Waals surface area contributed by atoms with Gasteiger partial charge in [-0.25, -0.2) is 4.68 Å². The van der Waals surface area contributed by atoms with Crippen LogP contribution in [0.2, 0.25) is 0 Å². The van der Waals surface area contributed by atoms with Crippen LogP contribution >= 0.6 is 0 Å². The molecule has 1 fully saturated rings. The number of aryl methyl sites for hydroxylation is 1. The zero-order valence-electron chi connectivity index (χ0n) is 13.7. The Kier molecular flexibility index (Phi) is 4.54. The average molecular weight is 328 g/mol. The fourth-order valence-corrected chi connectivity index (χ4v) is 2.55. The molecule has 0 bridgehead atoms. The standard InChI is InChI=1S/C16H20N6O2/c1-10-3-4-12(8-14(10)22-9-18-20-21-22)19-15(23)5-6-17-16(24)13-7-11(13)2/h3-4,8-9,11,13H,5-7H2,1-2H3,(H,17,24)(H,19,23). The van der Waals surface area contributed by atoms with E-state index in [0.717, 1.165) is 17.7 Å². The van der Waals surface area contributed by atoms with Crippen LogP contribution in [0.4, 0.5) is 5.69 Å². The summed E-state index contributed by atoms with van der Waals surface area (Å²) in [5.41, 5.74) is 2.46. The molecule has 1 heterocycles. The van der Waals surface area contributed by atoms with E-state index in [1.54, 1.807) is 4.68 Å². The average Bonchev–Trinajstić information content (AvgIpc) is 3.06. The molecule has 0 saturated heterocycles. The Labute approximate surface area is 139 Å². The van der Waals surface area contributed by atoms with Crippen LogP contribution in [0, 0.1) is 18.8 Å². The van der Waals surface area contributed by atoms with Crippen molar-refractivity contribution >= 4 is 17.5 Å². The van der Waals surface area contributed by atoms with Gasteiger partial charge in [-0.1, -0.05) is 13.0 Å². The van der Waals surface area contributed by atoms with E-state index in [1.165, 1.54) is 6.33 Å². The van der Waals surface area contributed by atoms with Crippen molar-refractivity contribution in [3.05, 3.63) is 30.1 Å². The minimum Gasteiger partial charge on any atom is -0.355 e. The number of benzene rings is 1. The van der Waals surface area contributed by atoms with Crippen LogP contribution in [0.25, 0.3) is 5.69 Å². The normalized spacial score (nSPS) is 18.9. The molecule has 1 saturated carbocycles. The number of nitrogens with zero attached hydrogens (tertiary/aromatic N) is 4. The second-order valence-electron chi connectivity index (χ2n) is 6.16. The van der Waals surface area contributed by atoms with E-state index in [1.807, 2.05) is 25.1 Å². The molecule has 8 heteroatoms. The van der Waals surface area contributed by atoms with Gasteiger partial charge in [0.05, 0.1) is 5.69 Å². The molecule has 2 atom stereocenters. The SMILES string of the molecule is Cc1ccc(NC(=O)CCNC(=O)C2CC2C)cc1-n1cnnn1. The molecule has 2 aromatic rings. The van der Waals surface area contributed by atoms with Crippen LogP contribution in [-0.2, 0) is 9.59 Å². The van der Waals surface area contributed by atoms with E-state index < -0.39 is 0 Å². The van der Waals surface area contributed by atoms with Crippen molar-refractivity contribution in [1.82, 2.24) is 25.5 Å². The first-order valence-electron chi connectivity index (χ1n) is 7.96. The number of hydrogen-bond acceptors (Lipinski definition) is 5. The molecule has 0 aliphatic heterocycles. The lowest BCUT2D eigenvalue weighted by Crippen LogP contribution is -2.29. The highest BCUT2D eigenvalue weighted by molar-refractivity contribution is 5.91. The van der Waals surface area contributed by atoms with E-state index in [-0.39, 0.29) is 24.2 Å². The number of aromatic nitrogens is 4. The fraction of sp³-hybridized carbons (Fsp3) is 0.438. The molecule has 1 aromatic carbocycles. The Morgan fingerprint density at radius 3 is 2.83 bits per heavy atom. The monoisotopic (exact) mass is 328 g/mol. The molecule has 24 heavy (non-hydrogen) atoms. The minimum atomic E-state index is -0.148. The second kappa shape index (κ2) is 6.77. The third-order valence-electron chi connectivity index (χ3n) is 4.19. The Bertz CT molecular complexity index is 743. The van der Waals surface area contributed by atoms with Gasteiger partial charge >= 0.3 is 0 Å². The summed E-state index contributed by atoms with van der Waals surface area (Å²) >= 11 is 0. The molecule has 2 amide bonds. The van der Waals surface area contributed by atoms with Crippen molar-refractivity contribution in [1.29, 1.82) is 0 Å². The van der Waals surface area contributed by atoms with Crippen molar-refractivity contribution in [2.75, 3.05) is 11.9 Å². The summed E-state index contributed by atoms with van der Waals surface area (Å²) in [5.74, 6) is 0.498. The maximum Gasteiger partial charge on any atom is 0.226 e. The number of rotatable bonds is 6. The molecule has 1 aliphatic carbocycles. The zero-order valence-corrected chi connectivity index (χ0v) is 13.7. The van der Waals surface area contributed by atoms with Gasteiger partial charge < -0.3 is 10.6 Å². The van der Waals surface area contributed by atoms with Crippen LogP contribution in [0.3, 0.4) is 0 Å². The van der Waals surface area contributed by atoms with E-state index >= 15 is 0 Å². The van der Waals surface area contributed by atoms with Gasteiger partial charge in [0.2, 0.25) is 11.8 Å². The first kappa shape index (κ1) is 16.1. The van der Waals surface area contributed by atoms with Crippen LogP contribution < -0.4 is 10.6 Å². The third kappa shape index (κ3) is 3.76. The smallest absolute Gasteiger partial charge is 0.226 e. The number of hydrogen-bond donors (Lipinski definition) is 2. The lowest BCUT2D eigenvalue weighted by Gasteiger charge is -2.10. The highest BCUT2D eigenvalue weighted by Gasteiger charge is 2.38. The topological polar surface area (TPSA) is 102 Å². The summed E-state index contributed by atoms with van der Waals surface area (Å²) in [7, 11) is 0. The van der Waals surface area contributed by atoms with Gasteiger partial charge in [0, 0.05) is 24.6 Å². The number of nitrogens with one attached hydrogen (secondary N) is 2. The van der Waals surface area contributed by atoms with E-state index in [4.69, 9.17) is 0 Å². The summed E-state index contributed by atoms with van der Waals surface area (Å²) < 4.78 is 1.54. The van der Waals surface area contributed by atoms with Crippen LogP contribution in [0.15, 0.2) is 24.5 Å². The predicted octanol–water partition coefficient (Wildman–Crippen LogP) is 1.07. The number of carbonyl (C=O) groups excluding carboxylic acids is 2. The molecule has 2 unspecified atom stereocenters. The Morgan fingerprint density at radius 2 is 2.17 bits per heavy atom. The van der Waals surface area contributed by atoms with Crippen LogP contribution in [0.1, 0.15) is 25.3 Å². The molecule has 3 rings (SSSR count). The van der Waals surface area contributed by atoms with Gasteiger partial charge in [-0.3, -0.25) is 9.59 Å². The summed E-state index contributed by atoms with van der Waals surface area (Å²) in [4.78, 5) is 23.7. The maximum absolute atomic E-state index is 12.0. The van der Waals surface area contributed by atoms with Crippen LogP contribution in [0.5, 0.6) is 0 Å². The van der Waals surface area contributed by atoms with Gasteiger partial charge in [-0.05, 0) is 47.4 Å². The number of amides is 2. The fourth-order valence-electron chi connectivity index (χ4n) is 2.55. The third-order valence-corrected chi connectivity index (χ3v) is 4.19. The Morgan fingerprint density at radius 1 is 1.38 bits per heavy atom. The molecule has 1 aromatic heterocycles. The molecule has 0 spiro atoms. The predicted molar refractivity (Wildman–Crippen MR) is 87.4 cm³/mol. The quantitative estimate of drug-likeness (QED) is 0.826. The molecule has 1 aliphatic rings. The zero-order chi connectivity index (χ0) is 17.1. The largest absolute Gasteiger partial charge is 0.355 e. The van der Waals surface area contributed by atoms with Crippen molar-refractivity contribution in [2.24, 2.45) is 11.8 Å². The van der Waals surface area contributed by atoms with Gasteiger partial charge in [0.15, 0.2) is 0 Å². The number of tetrazole rings is 1. The number of carbonyl (C=O) groups is 2. The Hall–Kier alpha value is -2.77. The minimum absolute atomic E-state index is 0.0478. The highest BCUT2D eigenvalue weighted by Crippen LogP contribution is 2.37. The maximum atomic E-state index is 12.0. The first-order chi connectivity index (χ1) is 11.5. The summed E-state index contributed by atoms with van der Waals surface area (Å²) in [6.45, 7) is 4.34. The van der Waals surface area contributed by atoms with Crippen molar-refractivity contribution in [3.63, 3.8) is 0 Å². The molecule has 0 radical (unpaired) electrons. The summed E-state index contributed by atoms with van der Waals surface area (Å²) in [6, 6.07) is 5.53. The lowest BCUT2D eigenvalue weighted by molar-refractivity contribution is -0.122. The number of anilines is 1. The molecule has 8 nitrogen and oxygen atoms in total. The van der Waals surface area contributed by atoms with Crippen molar-refractivity contribution in [2.45, 2.75) is 26.7 Å². The first-order valence-corrected chi connectivity index (χ1v) is 7.96. The van der Waals surface area contributed by atoms with Crippen molar-refractivity contribution in [3.8, 4) is 5.69 Å². The highest BCUT2D eigenvalue weighted by atomic mass is 16.2. The van der Waals surface area contributed by atoms with E-state index in [0.29, 0.717) is 18.2 Å². The summed E-state index contributed by atoms with van der Waals surface area (Å²) in [6.07, 6.45) is 2.69. The molecular formula is C16H20N6O2. The van der Waals surface area contributed by atoms with Gasteiger partial charge in [-0.15, -0.1) is 5.10 Å². The molecule has 126 valence electrons. The van der Waals surface area contributed by atoms with Crippen LogP contribution in [-0.4, -0.2) is 38.6 Å². The second-order valence-corrected chi connectivity index (χ2v) is 6.16. The lowest BCUT2D eigenvalue weighted by atomic mass is 10.2. The molecular weight excluding hydrogens is 308 g/mol. The summed E-state index contributed by atoms with van der Waals surface area (Å²) in [5, 5.41) is 16.7. The van der Waals surface area contributed by atoms with E-state index in [9.17, 15) is 9.59 Å².